The number of hydrogen-bond acceptors (Lipinski definition) is 1. The molecule has 1 aromatic rings. The van der Waals surface area contributed by atoms with Crippen LogP contribution in [0.5, 0.6) is 0 Å². The van der Waals surface area contributed by atoms with Crippen molar-refractivity contribution in [3.8, 4) is 0 Å². The van der Waals surface area contributed by atoms with Crippen LogP contribution in [0.15, 0.2) is 18.7 Å². The van der Waals surface area contributed by atoms with Gasteiger partial charge in [-0.05, 0) is 6.07 Å². The number of aromatic amines is 1. The van der Waals surface area contributed by atoms with Crippen molar-refractivity contribution in [3.63, 3.8) is 0 Å². The molecule has 0 fully saturated rings. The van der Waals surface area contributed by atoms with Crippen molar-refractivity contribution in [2.75, 3.05) is 0 Å². The normalized spacial score (nSPS) is 11.6. The lowest BCUT2D eigenvalue weighted by Gasteiger charge is -1.98. The smallest absolute Gasteiger partial charge is 0.282 e. The highest BCUT2D eigenvalue weighted by Crippen LogP contribution is 2.27. The molecule has 0 bridgehead atoms. The quantitative estimate of drug-likeness (QED) is 0.687. The average Bonchev–Trinajstić information content (AvgIpc) is 2.35. The topological polar surface area (TPSA) is 28.7 Å². The molecule has 0 unspecified atom stereocenters. The zero-order valence-electron chi connectivity index (χ0n) is 6.15. The van der Waals surface area contributed by atoms with Crippen LogP contribution in [0.25, 0.3) is 0 Å². The van der Waals surface area contributed by atoms with Crippen molar-refractivity contribution in [2.45, 2.75) is 12.6 Å². The molecule has 0 aliphatic heterocycles. The van der Waals surface area contributed by atoms with Gasteiger partial charge in [-0.1, -0.05) is 6.08 Å². The van der Waals surface area contributed by atoms with E-state index in [1.807, 2.05) is 0 Å². The van der Waals surface area contributed by atoms with E-state index in [1.165, 1.54) is 6.08 Å². The van der Waals surface area contributed by atoms with Gasteiger partial charge in [-0.3, -0.25) is 5.10 Å². The van der Waals surface area contributed by atoms with Gasteiger partial charge in [0.1, 0.15) is 0 Å². The summed E-state index contributed by atoms with van der Waals surface area (Å²) in [4.78, 5) is 0. The van der Waals surface area contributed by atoms with Crippen LogP contribution in [0.3, 0.4) is 0 Å². The summed E-state index contributed by atoms with van der Waals surface area (Å²) in [7, 11) is 0. The largest absolute Gasteiger partial charge is 0.435 e. The van der Waals surface area contributed by atoms with Crippen molar-refractivity contribution in [2.24, 2.45) is 0 Å². The summed E-state index contributed by atoms with van der Waals surface area (Å²) >= 11 is 0. The molecule has 0 spiro atoms. The van der Waals surface area contributed by atoms with Crippen LogP contribution in [0.4, 0.5) is 13.2 Å². The number of H-pyrrole nitrogens is 1. The molecule has 0 saturated carbocycles. The van der Waals surface area contributed by atoms with Gasteiger partial charge >= 0.3 is 6.18 Å². The lowest BCUT2D eigenvalue weighted by atomic mass is 10.3. The molecule has 2 nitrogen and oxygen atoms in total. The molecular formula is C7H7F3N2. The fourth-order valence-electron chi connectivity index (χ4n) is 0.767. The van der Waals surface area contributed by atoms with Gasteiger partial charge in [0.15, 0.2) is 5.69 Å². The van der Waals surface area contributed by atoms with Gasteiger partial charge in [0.05, 0.1) is 0 Å². The molecule has 0 radical (unpaired) electrons. The van der Waals surface area contributed by atoms with Crippen LogP contribution >= 0.6 is 0 Å². The van der Waals surface area contributed by atoms with Crippen molar-refractivity contribution in [1.29, 1.82) is 0 Å². The second-order valence-corrected chi connectivity index (χ2v) is 2.27. The van der Waals surface area contributed by atoms with Gasteiger partial charge in [-0.25, -0.2) is 0 Å². The second kappa shape index (κ2) is 3.00. The van der Waals surface area contributed by atoms with Crippen LogP contribution in [-0.4, -0.2) is 10.2 Å². The minimum atomic E-state index is -4.37. The SMILES string of the molecule is C=CCc1cc(C(F)(F)F)n[nH]1. The molecule has 0 amide bonds. The number of hydrogen-bond donors (Lipinski definition) is 1. The monoisotopic (exact) mass is 176 g/mol. The van der Waals surface area contributed by atoms with Gasteiger partial charge in [-0.15, -0.1) is 6.58 Å². The number of rotatable bonds is 2. The first kappa shape index (κ1) is 8.83. The summed E-state index contributed by atoms with van der Waals surface area (Å²) in [6.07, 6.45) is -2.49. The number of nitrogens with one attached hydrogen (secondary N) is 1. The van der Waals surface area contributed by atoms with E-state index in [2.05, 4.69) is 16.8 Å². The number of halogens is 3. The van der Waals surface area contributed by atoms with Crippen molar-refractivity contribution in [1.82, 2.24) is 10.2 Å². The molecule has 1 aromatic heterocycles. The van der Waals surface area contributed by atoms with E-state index >= 15 is 0 Å². The highest BCUT2D eigenvalue weighted by Gasteiger charge is 2.33. The number of alkyl halides is 3. The van der Waals surface area contributed by atoms with E-state index in [-0.39, 0.29) is 0 Å². The Morgan fingerprint density at radius 2 is 2.25 bits per heavy atom. The Morgan fingerprint density at radius 3 is 2.67 bits per heavy atom. The molecule has 12 heavy (non-hydrogen) atoms. The Bertz CT molecular complexity index is 274. The predicted octanol–water partition coefficient (Wildman–Crippen LogP) is 2.16. The zero-order valence-corrected chi connectivity index (χ0v) is 6.15. The van der Waals surface area contributed by atoms with Crippen LogP contribution in [-0.2, 0) is 12.6 Å². The lowest BCUT2D eigenvalue weighted by molar-refractivity contribution is -0.141. The molecule has 66 valence electrons. The van der Waals surface area contributed by atoms with Crippen molar-refractivity contribution in [3.05, 3.63) is 30.1 Å². The van der Waals surface area contributed by atoms with E-state index in [4.69, 9.17) is 0 Å². The molecule has 0 aromatic carbocycles. The average molecular weight is 176 g/mol. The van der Waals surface area contributed by atoms with Gasteiger partial charge in [0.2, 0.25) is 0 Å². The summed E-state index contributed by atoms with van der Waals surface area (Å²) in [5.74, 6) is 0. The van der Waals surface area contributed by atoms with Gasteiger partial charge in [0, 0.05) is 12.1 Å². The van der Waals surface area contributed by atoms with Crippen molar-refractivity contribution >= 4 is 0 Å². The van der Waals surface area contributed by atoms with E-state index in [0.29, 0.717) is 12.1 Å². The van der Waals surface area contributed by atoms with Gasteiger partial charge in [-0.2, -0.15) is 18.3 Å². The minimum Gasteiger partial charge on any atom is -0.282 e. The highest BCUT2D eigenvalue weighted by molar-refractivity contribution is 5.13. The molecule has 1 N–H and O–H groups in total. The van der Waals surface area contributed by atoms with Gasteiger partial charge in [0.25, 0.3) is 0 Å². The van der Waals surface area contributed by atoms with E-state index < -0.39 is 11.9 Å². The summed E-state index contributed by atoms with van der Waals surface area (Å²) in [5, 5.41) is 5.38. The molecule has 1 heterocycles. The third-order valence-electron chi connectivity index (χ3n) is 1.29. The molecule has 5 heteroatoms. The summed E-state index contributed by atoms with van der Waals surface area (Å²) < 4.78 is 35.8. The molecule has 1 rings (SSSR count). The zero-order chi connectivity index (χ0) is 9.19. The molecule has 0 aliphatic rings. The molecule has 0 aliphatic carbocycles. The van der Waals surface area contributed by atoms with Crippen LogP contribution in [0.2, 0.25) is 0 Å². The van der Waals surface area contributed by atoms with Crippen LogP contribution < -0.4 is 0 Å². The summed E-state index contributed by atoms with van der Waals surface area (Å²) in [6.45, 7) is 3.40. The van der Waals surface area contributed by atoms with Gasteiger partial charge < -0.3 is 0 Å². The van der Waals surface area contributed by atoms with E-state index in [9.17, 15) is 13.2 Å². The van der Waals surface area contributed by atoms with E-state index in [1.54, 1.807) is 0 Å². The molecule has 0 atom stereocenters. The first-order chi connectivity index (χ1) is 5.54. The molecule has 0 saturated heterocycles. The summed E-state index contributed by atoms with van der Waals surface area (Å²) in [6, 6.07) is 0.974. The number of aromatic nitrogens is 2. The van der Waals surface area contributed by atoms with Crippen LogP contribution in [0.1, 0.15) is 11.4 Å². The fraction of sp³-hybridized carbons (Fsp3) is 0.286. The maximum atomic E-state index is 11.9. The third kappa shape index (κ3) is 1.87. The van der Waals surface area contributed by atoms with Crippen LogP contribution in [0, 0.1) is 0 Å². The number of nitrogens with zero attached hydrogens (tertiary/aromatic N) is 1. The first-order valence-electron chi connectivity index (χ1n) is 3.26. The Morgan fingerprint density at radius 1 is 1.58 bits per heavy atom. The fourth-order valence-corrected chi connectivity index (χ4v) is 0.767. The number of allylic oxidation sites excluding steroid dienone is 1. The maximum absolute atomic E-state index is 11.9. The lowest BCUT2D eigenvalue weighted by Crippen LogP contribution is -2.04. The molecular weight excluding hydrogens is 169 g/mol. The Balaban J connectivity index is 2.84. The van der Waals surface area contributed by atoms with E-state index in [0.717, 1.165) is 6.07 Å². The third-order valence-corrected chi connectivity index (χ3v) is 1.29. The Kier molecular flexibility index (Phi) is 2.21. The summed E-state index contributed by atoms with van der Waals surface area (Å²) in [5.41, 5.74) is -0.475. The Labute approximate surface area is 67.1 Å². The Hall–Kier alpha value is -1.26. The van der Waals surface area contributed by atoms with Crippen molar-refractivity contribution < 1.29 is 13.2 Å². The standard InChI is InChI=1S/C7H7F3N2/c1-2-3-5-4-6(12-11-5)7(8,9)10/h2,4H,1,3H2,(H,11,12). The predicted molar refractivity (Wildman–Crippen MR) is 37.5 cm³/mol. The second-order valence-electron chi connectivity index (χ2n) is 2.27. The maximum Gasteiger partial charge on any atom is 0.435 e. The minimum absolute atomic E-state index is 0.364. The highest BCUT2D eigenvalue weighted by atomic mass is 19.4. The first-order valence-corrected chi connectivity index (χ1v) is 3.26.